The number of benzene rings is 1. The Morgan fingerprint density at radius 3 is 2.47 bits per heavy atom. The van der Waals surface area contributed by atoms with Crippen molar-refractivity contribution in [3.63, 3.8) is 0 Å². The third-order valence-electron chi connectivity index (χ3n) is 3.02. The minimum atomic E-state index is -0.0627. The first-order valence-corrected chi connectivity index (χ1v) is 6.78. The number of nitrogens with one attached hydrogen (secondary N) is 1. The second-order valence-electron chi connectivity index (χ2n) is 5.75. The van der Waals surface area contributed by atoms with Crippen LogP contribution in [0.5, 0.6) is 11.5 Å². The molecule has 1 unspecified atom stereocenters. The molecule has 1 aromatic carbocycles. The Labute approximate surface area is 116 Å². The Morgan fingerprint density at radius 1 is 1.21 bits per heavy atom. The highest BCUT2D eigenvalue weighted by Crippen LogP contribution is 2.28. The SMILES string of the molecule is CC(C)CC(CN(C)C)NCc1cccc(O)c1O. The van der Waals surface area contributed by atoms with Gasteiger partial charge in [-0.1, -0.05) is 26.0 Å². The number of nitrogens with zero attached hydrogens (tertiary/aromatic N) is 1. The fraction of sp³-hybridized carbons (Fsp3) is 0.600. The van der Waals surface area contributed by atoms with E-state index >= 15 is 0 Å². The zero-order valence-electron chi connectivity index (χ0n) is 12.3. The van der Waals surface area contributed by atoms with E-state index in [0.717, 1.165) is 18.5 Å². The summed E-state index contributed by atoms with van der Waals surface area (Å²) in [6, 6.07) is 5.43. The van der Waals surface area contributed by atoms with Crippen LogP contribution in [0.1, 0.15) is 25.8 Å². The maximum Gasteiger partial charge on any atom is 0.161 e. The quantitative estimate of drug-likeness (QED) is 0.662. The van der Waals surface area contributed by atoms with Crippen LogP contribution in [-0.2, 0) is 6.54 Å². The van der Waals surface area contributed by atoms with E-state index in [2.05, 4.69) is 38.2 Å². The molecule has 0 saturated heterocycles. The predicted octanol–water partition coefficient (Wildman–Crippen LogP) is 2.16. The number of hydrogen-bond donors (Lipinski definition) is 3. The van der Waals surface area contributed by atoms with Crippen LogP contribution >= 0.6 is 0 Å². The lowest BCUT2D eigenvalue weighted by Gasteiger charge is -2.24. The number of likely N-dealkylation sites (N-methyl/N-ethyl adjacent to an activating group) is 1. The molecule has 4 heteroatoms. The van der Waals surface area contributed by atoms with Gasteiger partial charge in [-0.05, 0) is 32.5 Å². The fourth-order valence-corrected chi connectivity index (χ4v) is 2.21. The molecule has 1 aromatic rings. The van der Waals surface area contributed by atoms with E-state index in [0.29, 0.717) is 18.5 Å². The molecule has 4 nitrogen and oxygen atoms in total. The van der Waals surface area contributed by atoms with E-state index in [1.807, 2.05) is 6.07 Å². The van der Waals surface area contributed by atoms with Gasteiger partial charge in [-0.2, -0.15) is 0 Å². The van der Waals surface area contributed by atoms with Gasteiger partial charge >= 0.3 is 0 Å². The van der Waals surface area contributed by atoms with E-state index in [9.17, 15) is 10.2 Å². The molecule has 1 atom stereocenters. The maximum atomic E-state index is 9.77. The molecular formula is C15H26N2O2. The van der Waals surface area contributed by atoms with Gasteiger partial charge in [0.1, 0.15) is 0 Å². The van der Waals surface area contributed by atoms with Crippen molar-refractivity contribution >= 4 is 0 Å². The maximum absolute atomic E-state index is 9.77. The molecule has 1 rings (SSSR count). The van der Waals surface area contributed by atoms with Crippen molar-refractivity contribution in [3.8, 4) is 11.5 Å². The number of phenols is 2. The van der Waals surface area contributed by atoms with Crippen LogP contribution in [0, 0.1) is 5.92 Å². The summed E-state index contributed by atoms with van der Waals surface area (Å²) >= 11 is 0. The van der Waals surface area contributed by atoms with Crippen molar-refractivity contribution in [2.75, 3.05) is 20.6 Å². The molecule has 0 aliphatic carbocycles. The number of phenolic OH excluding ortho intramolecular Hbond substituents is 2. The number of aromatic hydroxyl groups is 2. The van der Waals surface area contributed by atoms with E-state index in [1.54, 1.807) is 6.07 Å². The lowest BCUT2D eigenvalue weighted by molar-refractivity contribution is 0.303. The normalized spacial score (nSPS) is 13.2. The summed E-state index contributed by atoms with van der Waals surface area (Å²) in [5.74, 6) is 0.533. The van der Waals surface area contributed by atoms with E-state index in [1.165, 1.54) is 6.07 Å². The lowest BCUT2D eigenvalue weighted by Crippen LogP contribution is -2.38. The minimum absolute atomic E-state index is 0.0249. The topological polar surface area (TPSA) is 55.7 Å². The van der Waals surface area contributed by atoms with Crippen LogP contribution < -0.4 is 5.32 Å². The summed E-state index contributed by atoms with van der Waals surface area (Å²) in [4.78, 5) is 2.16. The van der Waals surface area contributed by atoms with Gasteiger partial charge in [0.25, 0.3) is 0 Å². The molecule has 19 heavy (non-hydrogen) atoms. The molecule has 0 aliphatic rings. The molecule has 0 radical (unpaired) electrons. The van der Waals surface area contributed by atoms with Crippen LogP contribution in [0.4, 0.5) is 0 Å². The van der Waals surface area contributed by atoms with Crippen molar-refractivity contribution in [1.82, 2.24) is 10.2 Å². The second-order valence-corrected chi connectivity index (χ2v) is 5.75. The molecule has 0 saturated carbocycles. The average Bonchev–Trinajstić information content (AvgIpc) is 2.29. The molecule has 0 spiro atoms. The molecule has 0 amide bonds. The minimum Gasteiger partial charge on any atom is -0.504 e. The molecule has 0 heterocycles. The largest absolute Gasteiger partial charge is 0.504 e. The number of rotatable bonds is 7. The molecule has 0 aliphatic heterocycles. The number of hydrogen-bond acceptors (Lipinski definition) is 4. The first-order valence-electron chi connectivity index (χ1n) is 6.78. The zero-order valence-corrected chi connectivity index (χ0v) is 12.3. The lowest BCUT2D eigenvalue weighted by atomic mass is 10.0. The molecule has 108 valence electrons. The standard InChI is InChI=1S/C15H26N2O2/c1-11(2)8-13(10-17(3)4)16-9-12-6-5-7-14(18)15(12)19/h5-7,11,13,16,18-19H,8-10H2,1-4H3. The highest BCUT2D eigenvalue weighted by atomic mass is 16.3. The summed E-state index contributed by atoms with van der Waals surface area (Å²) in [5, 5.41) is 22.7. The highest BCUT2D eigenvalue weighted by Gasteiger charge is 2.13. The van der Waals surface area contributed by atoms with Crippen molar-refractivity contribution in [1.29, 1.82) is 0 Å². The first-order chi connectivity index (χ1) is 8.90. The molecular weight excluding hydrogens is 240 g/mol. The van der Waals surface area contributed by atoms with Gasteiger partial charge in [0.2, 0.25) is 0 Å². The van der Waals surface area contributed by atoms with Gasteiger partial charge in [-0.15, -0.1) is 0 Å². The molecule has 0 bridgehead atoms. The average molecular weight is 266 g/mol. The molecule has 0 fully saturated rings. The van der Waals surface area contributed by atoms with Crippen LogP contribution in [-0.4, -0.2) is 41.8 Å². The van der Waals surface area contributed by atoms with Gasteiger partial charge < -0.3 is 20.4 Å². The predicted molar refractivity (Wildman–Crippen MR) is 78.4 cm³/mol. The van der Waals surface area contributed by atoms with Gasteiger partial charge in [-0.25, -0.2) is 0 Å². The first kappa shape index (κ1) is 15.8. The molecule has 0 aromatic heterocycles. The van der Waals surface area contributed by atoms with Crippen molar-refractivity contribution in [2.24, 2.45) is 5.92 Å². The Hall–Kier alpha value is -1.26. The third-order valence-corrected chi connectivity index (χ3v) is 3.02. The third kappa shape index (κ3) is 5.49. The van der Waals surface area contributed by atoms with Crippen LogP contribution in [0.3, 0.4) is 0 Å². The monoisotopic (exact) mass is 266 g/mol. The van der Waals surface area contributed by atoms with Gasteiger partial charge in [0.05, 0.1) is 0 Å². The Morgan fingerprint density at radius 2 is 1.89 bits per heavy atom. The number of para-hydroxylation sites is 1. The van der Waals surface area contributed by atoms with Crippen molar-refractivity contribution in [2.45, 2.75) is 32.9 Å². The summed E-state index contributed by atoms with van der Waals surface area (Å²) in [6.45, 7) is 5.93. The van der Waals surface area contributed by atoms with Gasteiger partial charge in [0.15, 0.2) is 11.5 Å². The smallest absolute Gasteiger partial charge is 0.161 e. The van der Waals surface area contributed by atoms with E-state index in [4.69, 9.17) is 0 Å². The van der Waals surface area contributed by atoms with Gasteiger partial charge in [0, 0.05) is 24.7 Å². The zero-order chi connectivity index (χ0) is 14.4. The molecule has 3 N–H and O–H groups in total. The Kier molecular flexibility index (Phi) is 6.12. The van der Waals surface area contributed by atoms with E-state index < -0.39 is 0 Å². The Balaban J connectivity index is 2.62. The van der Waals surface area contributed by atoms with Gasteiger partial charge in [-0.3, -0.25) is 0 Å². The second kappa shape index (κ2) is 7.36. The van der Waals surface area contributed by atoms with E-state index in [-0.39, 0.29) is 11.5 Å². The van der Waals surface area contributed by atoms with Crippen LogP contribution in [0.2, 0.25) is 0 Å². The summed E-state index contributed by atoms with van der Waals surface area (Å²) < 4.78 is 0. The van der Waals surface area contributed by atoms with Crippen molar-refractivity contribution < 1.29 is 10.2 Å². The van der Waals surface area contributed by atoms with Crippen LogP contribution in [0.15, 0.2) is 18.2 Å². The summed E-state index contributed by atoms with van der Waals surface area (Å²) in [6.07, 6.45) is 1.08. The Bertz CT molecular complexity index is 382. The summed E-state index contributed by atoms with van der Waals surface area (Å²) in [7, 11) is 4.11. The summed E-state index contributed by atoms with van der Waals surface area (Å²) in [5.41, 5.74) is 0.729. The van der Waals surface area contributed by atoms with Crippen molar-refractivity contribution in [3.05, 3.63) is 23.8 Å². The fourth-order valence-electron chi connectivity index (χ4n) is 2.21. The highest BCUT2D eigenvalue weighted by molar-refractivity contribution is 5.44. The van der Waals surface area contributed by atoms with Crippen LogP contribution in [0.25, 0.3) is 0 Å².